The first kappa shape index (κ1) is 14.0. The molecule has 1 N–H and O–H groups in total. The van der Waals surface area contributed by atoms with Crippen LogP contribution < -0.4 is 4.57 Å². The summed E-state index contributed by atoms with van der Waals surface area (Å²) in [6, 6.07) is 8.03. The minimum absolute atomic E-state index is 0.941. The molecule has 6 nitrogen and oxygen atoms in total. The Labute approximate surface area is 103 Å². The standard InChI is InChI=1S/C9H10NOS.H2O4S/c1-10-7-5-3-4-6-8(7)11-9(10)12-2;1-5(2,3)4/h3-6H,1-2H3;(H2,1,2,3,4)/q+1;/p-1. The third kappa shape index (κ3) is 4.35. The third-order valence-corrected chi connectivity index (χ3v) is 2.58. The van der Waals surface area contributed by atoms with Crippen LogP contribution in [0, 0.1) is 0 Å². The van der Waals surface area contributed by atoms with Crippen LogP contribution in [0.15, 0.2) is 33.9 Å². The summed E-state index contributed by atoms with van der Waals surface area (Å²) < 4.78 is 40.5. The molecule has 2 aromatic rings. The molecule has 0 spiro atoms. The topological polar surface area (TPSA) is 94.5 Å². The van der Waals surface area contributed by atoms with E-state index >= 15 is 0 Å². The lowest BCUT2D eigenvalue weighted by Crippen LogP contribution is -2.28. The summed E-state index contributed by atoms with van der Waals surface area (Å²) in [7, 11) is -2.91. The third-order valence-electron chi connectivity index (χ3n) is 1.87. The second kappa shape index (κ2) is 5.50. The minimum atomic E-state index is -4.92. The van der Waals surface area contributed by atoms with Gasteiger partial charge in [0.15, 0.2) is 0 Å². The van der Waals surface area contributed by atoms with Crippen molar-refractivity contribution in [2.45, 2.75) is 5.22 Å². The zero-order valence-corrected chi connectivity index (χ0v) is 10.8. The Morgan fingerprint density at radius 1 is 1.41 bits per heavy atom. The molecule has 0 aliphatic carbocycles. The van der Waals surface area contributed by atoms with Crippen LogP contribution >= 0.6 is 11.8 Å². The van der Waals surface area contributed by atoms with Crippen LogP contribution in [0.1, 0.15) is 0 Å². The SMILES string of the molecule is CSc1oc2ccccc2[n+]1C.O=S(=O)([O-])O. The normalized spacial score (nSPS) is 11.1. The largest absolute Gasteiger partial charge is 0.726 e. The summed E-state index contributed by atoms with van der Waals surface area (Å²) in [5, 5.41) is 0.941. The van der Waals surface area contributed by atoms with Crippen LogP contribution in [0.2, 0.25) is 0 Å². The van der Waals surface area contributed by atoms with E-state index in [2.05, 4.69) is 10.6 Å². The lowest BCUT2D eigenvalue weighted by Gasteiger charge is -1.88. The van der Waals surface area contributed by atoms with Crippen molar-refractivity contribution >= 4 is 33.3 Å². The fourth-order valence-corrected chi connectivity index (χ4v) is 1.81. The molecular weight excluding hydrogens is 266 g/mol. The van der Waals surface area contributed by atoms with E-state index in [1.54, 1.807) is 11.8 Å². The number of aryl methyl sites for hydroxylation is 1. The Kier molecular flexibility index (Phi) is 4.52. The van der Waals surface area contributed by atoms with Crippen LogP contribution in [0.5, 0.6) is 0 Å². The lowest BCUT2D eigenvalue weighted by molar-refractivity contribution is -0.692. The van der Waals surface area contributed by atoms with Gasteiger partial charge in [0.25, 0.3) is 5.52 Å². The van der Waals surface area contributed by atoms with Crippen molar-refractivity contribution in [3.63, 3.8) is 0 Å². The molecule has 0 amide bonds. The summed E-state index contributed by atoms with van der Waals surface area (Å²) >= 11 is 1.62. The molecule has 94 valence electrons. The van der Waals surface area contributed by atoms with E-state index < -0.39 is 10.4 Å². The molecule has 0 aliphatic heterocycles. The molecule has 1 aromatic carbocycles. The van der Waals surface area contributed by atoms with Crippen molar-refractivity contribution in [1.29, 1.82) is 0 Å². The van der Waals surface area contributed by atoms with Crippen molar-refractivity contribution in [2.75, 3.05) is 6.26 Å². The van der Waals surface area contributed by atoms with Crippen molar-refractivity contribution in [1.82, 2.24) is 0 Å². The van der Waals surface area contributed by atoms with Gasteiger partial charge in [0.2, 0.25) is 16.0 Å². The number of fused-ring (bicyclic) bond motifs is 1. The summed E-state index contributed by atoms with van der Waals surface area (Å²) in [5.74, 6) is 0. The maximum atomic E-state index is 8.63. The number of hydrogen-bond donors (Lipinski definition) is 1. The molecule has 2 rings (SSSR count). The van der Waals surface area contributed by atoms with Crippen LogP contribution in [-0.2, 0) is 17.4 Å². The van der Waals surface area contributed by atoms with Gasteiger partial charge in [0, 0.05) is 6.07 Å². The minimum Gasteiger partial charge on any atom is -0.726 e. The summed E-state index contributed by atoms with van der Waals surface area (Å²) in [5.41, 5.74) is 2.09. The predicted octanol–water partition coefficient (Wildman–Crippen LogP) is 0.984. The molecule has 0 saturated carbocycles. The van der Waals surface area contributed by atoms with Crippen molar-refractivity contribution < 1.29 is 26.5 Å². The molecule has 0 radical (unpaired) electrons. The van der Waals surface area contributed by atoms with Crippen LogP contribution in [0.25, 0.3) is 11.1 Å². The highest BCUT2D eigenvalue weighted by molar-refractivity contribution is 7.98. The van der Waals surface area contributed by atoms with Gasteiger partial charge < -0.3 is 8.97 Å². The highest BCUT2D eigenvalue weighted by Crippen LogP contribution is 2.18. The molecule has 0 fully saturated rings. The maximum absolute atomic E-state index is 8.63. The average Bonchev–Trinajstić information content (AvgIpc) is 2.54. The summed E-state index contributed by atoms with van der Waals surface area (Å²) in [6.45, 7) is 0. The van der Waals surface area contributed by atoms with E-state index in [-0.39, 0.29) is 0 Å². The quantitative estimate of drug-likeness (QED) is 0.361. The Balaban J connectivity index is 0.000000249. The van der Waals surface area contributed by atoms with Gasteiger partial charge in [0.1, 0.15) is 7.05 Å². The van der Waals surface area contributed by atoms with E-state index in [0.717, 1.165) is 16.3 Å². The van der Waals surface area contributed by atoms with Gasteiger partial charge in [-0.2, -0.15) is 4.57 Å². The Hall–Kier alpha value is -1.09. The van der Waals surface area contributed by atoms with E-state index in [0.29, 0.717) is 0 Å². The smallest absolute Gasteiger partial charge is 0.411 e. The Morgan fingerprint density at radius 2 is 1.94 bits per heavy atom. The Bertz CT molecular complexity index is 597. The number of para-hydroxylation sites is 2. The number of thioether (sulfide) groups is 1. The van der Waals surface area contributed by atoms with Crippen molar-refractivity contribution in [2.24, 2.45) is 7.05 Å². The number of benzene rings is 1. The van der Waals surface area contributed by atoms with Crippen molar-refractivity contribution in [3.8, 4) is 0 Å². The fourth-order valence-electron chi connectivity index (χ4n) is 1.26. The van der Waals surface area contributed by atoms with E-state index in [1.807, 2.05) is 31.5 Å². The molecular formula is C9H11NO5S2. The molecule has 0 bridgehead atoms. The van der Waals surface area contributed by atoms with E-state index in [4.69, 9.17) is 21.9 Å². The second-order valence-corrected chi connectivity index (χ2v) is 4.64. The van der Waals surface area contributed by atoms with Gasteiger partial charge in [-0.25, -0.2) is 8.42 Å². The van der Waals surface area contributed by atoms with E-state index in [9.17, 15) is 0 Å². The molecule has 0 saturated heterocycles. The lowest BCUT2D eigenvalue weighted by atomic mass is 10.3. The zero-order chi connectivity index (χ0) is 13.1. The van der Waals surface area contributed by atoms with Gasteiger partial charge in [-0.1, -0.05) is 12.1 Å². The fraction of sp³-hybridized carbons (Fsp3) is 0.222. The first-order valence-corrected chi connectivity index (χ1v) is 7.01. The van der Waals surface area contributed by atoms with Gasteiger partial charge >= 0.3 is 5.22 Å². The molecule has 0 unspecified atom stereocenters. The molecule has 1 aromatic heterocycles. The van der Waals surface area contributed by atoms with Crippen LogP contribution in [0.3, 0.4) is 0 Å². The van der Waals surface area contributed by atoms with E-state index in [1.165, 1.54) is 0 Å². The molecule has 8 heteroatoms. The first-order valence-electron chi connectivity index (χ1n) is 4.42. The Morgan fingerprint density at radius 3 is 2.41 bits per heavy atom. The van der Waals surface area contributed by atoms with Crippen LogP contribution in [-0.4, -0.2) is 23.8 Å². The van der Waals surface area contributed by atoms with Gasteiger partial charge in [-0.15, -0.1) is 0 Å². The van der Waals surface area contributed by atoms with Crippen molar-refractivity contribution in [3.05, 3.63) is 24.3 Å². The summed E-state index contributed by atoms with van der Waals surface area (Å²) in [4.78, 5) is 0. The molecule has 17 heavy (non-hydrogen) atoms. The van der Waals surface area contributed by atoms with Gasteiger partial charge in [-0.3, -0.25) is 4.55 Å². The van der Waals surface area contributed by atoms with Crippen LogP contribution in [0.4, 0.5) is 0 Å². The molecule has 0 aliphatic rings. The summed E-state index contributed by atoms with van der Waals surface area (Å²) in [6.07, 6.45) is 2.01. The predicted molar refractivity (Wildman–Crippen MR) is 61.5 cm³/mol. The number of aromatic nitrogens is 1. The highest BCUT2D eigenvalue weighted by atomic mass is 32.3. The zero-order valence-electron chi connectivity index (χ0n) is 9.15. The number of oxazole rings is 1. The molecule has 0 atom stereocenters. The highest BCUT2D eigenvalue weighted by Gasteiger charge is 2.16. The maximum Gasteiger partial charge on any atom is 0.411 e. The number of nitrogens with zero attached hydrogens (tertiary/aromatic N) is 1. The first-order chi connectivity index (χ1) is 7.83. The average molecular weight is 277 g/mol. The molecule has 1 heterocycles. The second-order valence-electron chi connectivity index (χ2n) is 3.03. The monoisotopic (exact) mass is 277 g/mol. The van der Waals surface area contributed by atoms with Gasteiger partial charge in [-0.05, 0) is 24.1 Å². The number of hydrogen-bond acceptors (Lipinski definition) is 5. The number of rotatable bonds is 1. The van der Waals surface area contributed by atoms with Gasteiger partial charge in [0.05, 0.1) is 0 Å².